The molecule has 4 aromatic rings. The Morgan fingerprint density at radius 1 is 1.00 bits per heavy atom. The van der Waals surface area contributed by atoms with Crippen molar-refractivity contribution in [2.75, 3.05) is 31.1 Å². The number of halogens is 1. The predicted molar refractivity (Wildman–Crippen MR) is 136 cm³/mol. The number of nitrogens with zero attached hydrogens (tertiary/aromatic N) is 7. The molecule has 1 aliphatic rings. The molecule has 1 atom stereocenters. The molecule has 34 heavy (non-hydrogen) atoms. The maximum absolute atomic E-state index is 6.25. The first-order valence-corrected chi connectivity index (χ1v) is 12.2. The van der Waals surface area contributed by atoms with Gasteiger partial charge in [-0.25, -0.2) is 4.68 Å². The average Bonchev–Trinajstić information content (AvgIpc) is 3.35. The SMILES string of the molecule is CCC(C)(C)n1nnnc1[C@H](c1ccc2ncccc2c1)N1CCN(c2cccc(Cl)c2)CC1. The third-order valence-electron chi connectivity index (χ3n) is 6.97. The molecule has 176 valence electrons. The minimum absolute atomic E-state index is 0.0491. The predicted octanol–water partition coefficient (Wildman–Crippen LogP) is 4.93. The van der Waals surface area contributed by atoms with Crippen molar-refractivity contribution in [1.82, 2.24) is 30.1 Å². The van der Waals surface area contributed by atoms with Gasteiger partial charge in [-0.2, -0.15) is 0 Å². The molecule has 0 spiro atoms. The lowest BCUT2D eigenvalue weighted by Gasteiger charge is -2.40. The number of piperazine rings is 1. The molecule has 0 unspecified atom stereocenters. The van der Waals surface area contributed by atoms with Gasteiger partial charge in [-0.1, -0.05) is 36.7 Å². The van der Waals surface area contributed by atoms with Crippen molar-refractivity contribution in [3.63, 3.8) is 0 Å². The van der Waals surface area contributed by atoms with E-state index in [1.165, 1.54) is 5.56 Å². The quantitative estimate of drug-likeness (QED) is 0.394. The molecule has 2 aromatic carbocycles. The summed E-state index contributed by atoms with van der Waals surface area (Å²) < 4.78 is 2.01. The molecule has 0 amide bonds. The number of hydrogen-bond acceptors (Lipinski definition) is 6. The second-order valence-corrected chi connectivity index (χ2v) is 9.91. The van der Waals surface area contributed by atoms with E-state index in [0.717, 1.165) is 60.0 Å². The van der Waals surface area contributed by atoms with E-state index in [9.17, 15) is 0 Å². The van der Waals surface area contributed by atoms with Gasteiger partial charge in [0.1, 0.15) is 0 Å². The molecule has 0 saturated carbocycles. The van der Waals surface area contributed by atoms with Gasteiger partial charge in [0.2, 0.25) is 0 Å². The number of fused-ring (bicyclic) bond motifs is 1. The van der Waals surface area contributed by atoms with Crippen molar-refractivity contribution in [2.24, 2.45) is 0 Å². The van der Waals surface area contributed by atoms with Gasteiger partial charge in [0.05, 0.1) is 17.1 Å². The maximum atomic E-state index is 6.25. The van der Waals surface area contributed by atoms with Gasteiger partial charge < -0.3 is 4.90 Å². The molecule has 0 N–H and O–H groups in total. The summed E-state index contributed by atoms with van der Waals surface area (Å²) in [6.07, 6.45) is 2.76. The Labute approximate surface area is 205 Å². The van der Waals surface area contributed by atoms with Crippen LogP contribution in [0.3, 0.4) is 0 Å². The highest BCUT2D eigenvalue weighted by atomic mass is 35.5. The molecular weight excluding hydrogens is 446 g/mol. The Morgan fingerprint density at radius 2 is 1.82 bits per heavy atom. The summed E-state index contributed by atoms with van der Waals surface area (Å²) in [6.45, 7) is 10.1. The topological polar surface area (TPSA) is 63.0 Å². The van der Waals surface area contributed by atoms with Crippen LogP contribution in [-0.2, 0) is 5.54 Å². The summed E-state index contributed by atoms with van der Waals surface area (Å²) in [5, 5.41) is 15.0. The fourth-order valence-electron chi connectivity index (χ4n) is 4.64. The minimum Gasteiger partial charge on any atom is -0.369 e. The summed E-state index contributed by atoms with van der Waals surface area (Å²) in [6, 6.07) is 18.6. The van der Waals surface area contributed by atoms with Crippen LogP contribution in [0, 0.1) is 0 Å². The fraction of sp³-hybridized carbons (Fsp3) is 0.385. The van der Waals surface area contributed by atoms with Crippen molar-refractivity contribution >= 4 is 28.2 Å². The molecule has 1 saturated heterocycles. The maximum Gasteiger partial charge on any atom is 0.173 e. The highest BCUT2D eigenvalue weighted by Crippen LogP contribution is 2.33. The van der Waals surface area contributed by atoms with E-state index in [2.05, 4.69) is 81.4 Å². The first-order chi connectivity index (χ1) is 16.5. The van der Waals surface area contributed by atoms with Crippen LogP contribution in [0.1, 0.15) is 44.6 Å². The minimum atomic E-state index is -0.182. The van der Waals surface area contributed by atoms with E-state index in [1.54, 1.807) is 0 Å². The van der Waals surface area contributed by atoms with E-state index in [4.69, 9.17) is 11.6 Å². The Hall–Kier alpha value is -3.03. The number of anilines is 1. The van der Waals surface area contributed by atoms with Crippen LogP contribution in [0.25, 0.3) is 10.9 Å². The number of tetrazole rings is 1. The fourth-order valence-corrected chi connectivity index (χ4v) is 4.83. The molecule has 0 radical (unpaired) electrons. The van der Waals surface area contributed by atoms with Gasteiger partial charge in [0.25, 0.3) is 0 Å². The Balaban J connectivity index is 1.51. The second-order valence-electron chi connectivity index (χ2n) is 9.48. The highest BCUT2D eigenvalue weighted by Gasteiger charge is 2.34. The Bertz CT molecular complexity index is 1280. The summed E-state index contributed by atoms with van der Waals surface area (Å²) >= 11 is 6.25. The van der Waals surface area contributed by atoms with Crippen LogP contribution in [0.4, 0.5) is 5.69 Å². The van der Waals surface area contributed by atoms with Crippen molar-refractivity contribution < 1.29 is 0 Å². The summed E-state index contributed by atoms with van der Waals surface area (Å²) in [5.41, 5.74) is 3.15. The van der Waals surface area contributed by atoms with Crippen LogP contribution >= 0.6 is 11.6 Å². The zero-order chi connectivity index (χ0) is 23.7. The molecule has 0 bridgehead atoms. The monoisotopic (exact) mass is 475 g/mol. The van der Waals surface area contributed by atoms with Gasteiger partial charge in [-0.15, -0.1) is 5.10 Å². The first kappa shape index (κ1) is 22.7. The average molecular weight is 476 g/mol. The van der Waals surface area contributed by atoms with Crippen molar-refractivity contribution in [1.29, 1.82) is 0 Å². The van der Waals surface area contributed by atoms with Crippen LogP contribution in [-0.4, -0.2) is 56.3 Å². The molecule has 8 heteroatoms. The second kappa shape index (κ2) is 9.31. The van der Waals surface area contributed by atoms with E-state index >= 15 is 0 Å². The van der Waals surface area contributed by atoms with Gasteiger partial charge in [0, 0.05) is 48.5 Å². The zero-order valence-corrected chi connectivity index (χ0v) is 20.7. The van der Waals surface area contributed by atoms with E-state index in [0.29, 0.717) is 0 Å². The molecule has 2 aromatic heterocycles. The van der Waals surface area contributed by atoms with Crippen LogP contribution in [0.2, 0.25) is 5.02 Å². The van der Waals surface area contributed by atoms with E-state index < -0.39 is 0 Å². The highest BCUT2D eigenvalue weighted by molar-refractivity contribution is 6.30. The standard InChI is InChI=1S/C26H30ClN7/c1-4-26(2,3)34-25(29-30-31-34)24(20-10-11-23-19(17-20)7-6-12-28-23)33-15-13-32(14-16-33)22-9-5-8-21(27)18-22/h5-12,17-18,24H,4,13-16H2,1-3H3/t24-/m0/s1. The number of pyridine rings is 1. The number of benzene rings is 2. The van der Waals surface area contributed by atoms with Crippen molar-refractivity contribution in [3.05, 3.63) is 77.2 Å². The van der Waals surface area contributed by atoms with Crippen LogP contribution < -0.4 is 4.90 Å². The molecule has 7 nitrogen and oxygen atoms in total. The van der Waals surface area contributed by atoms with Crippen LogP contribution in [0.15, 0.2) is 60.8 Å². The summed E-state index contributed by atoms with van der Waals surface area (Å²) in [5.74, 6) is 0.881. The molecular formula is C26H30ClN7. The van der Waals surface area contributed by atoms with Gasteiger partial charge in [-0.3, -0.25) is 9.88 Å². The third kappa shape index (κ3) is 4.38. The van der Waals surface area contributed by atoms with Gasteiger partial charge in [0.15, 0.2) is 5.82 Å². The third-order valence-corrected chi connectivity index (χ3v) is 7.21. The Morgan fingerprint density at radius 3 is 2.59 bits per heavy atom. The van der Waals surface area contributed by atoms with Gasteiger partial charge in [-0.05, 0) is 72.7 Å². The van der Waals surface area contributed by atoms with Crippen molar-refractivity contribution in [3.8, 4) is 0 Å². The van der Waals surface area contributed by atoms with Crippen molar-refractivity contribution in [2.45, 2.75) is 38.8 Å². The molecule has 3 heterocycles. The molecule has 1 aliphatic heterocycles. The number of aromatic nitrogens is 5. The van der Waals surface area contributed by atoms with Crippen LogP contribution in [0.5, 0.6) is 0 Å². The molecule has 0 aliphatic carbocycles. The summed E-state index contributed by atoms with van der Waals surface area (Å²) in [4.78, 5) is 9.39. The number of rotatable bonds is 6. The molecule has 5 rings (SSSR count). The first-order valence-electron chi connectivity index (χ1n) is 11.8. The lowest BCUT2D eigenvalue weighted by Crippen LogP contribution is -2.48. The van der Waals surface area contributed by atoms with E-state index in [-0.39, 0.29) is 11.6 Å². The summed E-state index contributed by atoms with van der Waals surface area (Å²) in [7, 11) is 0. The number of hydrogen-bond donors (Lipinski definition) is 0. The van der Waals surface area contributed by atoms with E-state index in [1.807, 2.05) is 35.1 Å². The zero-order valence-electron chi connectivity index (χ0n) is 19.9. The Kier molecular flexibility index (Phi) is 6.23. The lowest BCUT2D eigenvalue weighted by molar-refractivity contribution is 0.187. The lowest BCUT2D eigenvalue weighted by atomic mass is 9.98. The molecule has 1 fully saturated rings. The smallest absolute Gasteiger partial charge is 0.173 e. The van der Waals surface area contributed by atoms with Gasteiger partial charge >= 0.3 is 0 Å². The normalized spacial score (nSPS) is 16.2. The largest absolute Gasteiger partial charge is 0.369 e.